The summed E-state index contributed by atoms with van der Waals surface area (Å²) in [5.41, 5.74) is 18.4. The van der Waals surface area contributed by atoms with Crippen molar-refractivity contribution in [2.24, 2.45) is 17.4 Å². The Balaban J connectivity index is 1.34. The highest BCUT2D eigenvalue weighted by Crippen LogP contribution is 2.49. The molecular weight excluding hydrogens is 602 g/mol. The van der Waals surface area contributed by atoms with E-state index in [1.165, 1.54) is 0 Å². The summed E-state index contributed by atoms with van der Waals surface area (Å²) in [5.74, 6) is 0.668. The molecule has 48 heavy (non-hydrogen) atoms. The lowest BCUT2D eigenvalue weighted by molar-refractivity contribution is -0.131. The normalized spacial score (nSPS) is 22.9. The van der Waals surface area contributed by atoms with E-state index >= 15 is 0 Å². The molecule has 10 nitrogen and oxygen atoms in total. The molecule has 3 aliphatic rings. The quantitative estimate of drug-likeness (QED) is 0.242. The molecule has 1 aliphatic heterocycles. The average Bonchev–Trinajstić information content (AvgIpc) is 3.51. The minimum atomic E-state index is -0.971. The van der Waals surface area contributed by atoms with Crippen LogP contribution in [0.5, 0.6) is 0 Å². The van der Waals surface area contributed by atoms with Crippen molar-refractivity contribution in [1.29, 1.82) is 5.26 Å². The van der Waals surface area contributed by atoms with Gasteiger partial charge in [-0.25, -0.2) is 0 Å². The number of benzene rings is 3. The Morgan fingerprint density at radius 2 is 1.71 bits per heavy atom. The summed E-state index contributed by atoms with van der Waals surface area (Å²) in [7, 11) is 0. The molecule has 2 fully saturated rings. The van der Waals surface area contributed by atoms with Gasteiger partial charge >= 0.3 is 0 Å². The van der Waals surface area contributed by atoms with Gasteiger partial charge < -0.3 is 26.1 Å². The van der Waals surface area contributed by atoms with Gasteiger partial charge in [0.15, 0.2) is 0 Å². The van der Waals surface area contributed by atoms with Gasteiger partial charge in [-0.15, -0.1) is 10.2 Å². The smallest absolute Gasteiger partial charge is 0.248 e. The molecule has 244 valence electrons. The minimum absolute atomic E-state index is 0.0641. The molecule has 3 aromatic carbocycles. The third-order valence-electron chi connectivity index (χ3n) is 10.3. The molecule has 2 amide bonds. The Bertz CT molecular complexity index is 1910. The second-order valence-electron chi connectivity index (χ2n) is 13.5. The predicted octanol–water partition coefficient (Wildman–Crippen LogP) is 4.39. The second kappa shape index (κ2) is 12.1. The number of amides is 2. The summed E-state index contributed by atoms with van der Waals surface area (Å²) in [4.78, 5) is 27.5. The molecule has 2 heterocycles. The molecule has 1 saturated heterocycles. The van der Waals surface area contributed by atoms with Crippen LogP contribution in [-0.4, -0.2) is 51.6 Å². The lowest BCUT2D eigenvalue weighted by atomic mass is 9.68. The van der Waals surface area contributed by atoms with E-state index in [1.807, 2.05) is 56.3 Å². The monoisotopic (exact) mass is 641 g/mol. The van der Waals surface area contributed by atoms with Crippen molar-refractivity contribution in [3.8, 4) is 17.5 Å². The van der Waals surface area contributed by atoms with Crippen LogP contribution in [0.1, 0.15) is 75.8 Å². The van der Waals surface area contributed by atoms with E-state index in [9.17, 15) is 14.9 Å². The highest BCUT2D eigenvalue weighted by Gasteiger charge is 2.54. The third kappa shape index (κ3) is 5.44. The number of carbonyl (C=O) groups is 2. The van der Waals surface area contributed by atoms with Crippen molar-refractivity contribution in [1.82, 2.24) is 20.4 Å². The fourth-order valence-electron chi connectivity index (χ4n) is 7.76. The van der Waals surface area contributed by atoms with Gasteiger partial charge in [-0.05, 0) is 110 Å². The number of nitriles is 1. The van der Waals surface area contributed by atoms with Crippen LogP contribution in [0.2, 0.25) is 0 Å². The van der Waals surface area contributed by atoms with Crippen molar-refractivity contribution >= 4 is 17.5 Å². The molecule has 7 rings (SSSR count). The van der Waals surface area contributed by atoms with E-state index in [1.54, 1.807) is 11.0 Å². The molecule has 2 aliphatic carbocycles. The summed E-state index contributed by atoms with van der Waals surface area (Å²) < 4.78 is 6.64. The van der Waals surface area contributed by atoms with Crippen LogP contribution in [0.3, 0.4) is 0 Å². The van der Waals surface area contributed by atoms with Crippen LogP contribution in [0.25, 0.3) is 17.2 Å². The van der Waals surface area contributed by atoms with E-state index in [0.717, 1.165) is 51.8 Å². The van der Waals surface area contributed by atoms with Gasteiger partial charge in [-0.3, -0.25) is 9.59 Å². The van der Waals surface area contributed by atoms with E-state index < -0.39 is 11.3 Å². The molecular formula is C38H39N7O3. The van der Waals surface area contributed by atoms with Crippen molar-refractivity contribution in [3.63, 3.8) is 0 Å². The molecule has 5 atom stereocenters. The first kappa shape index (κ1) is 31.3. The molecule has 0 spiro atoms. The van der Waals surface area contributed by atoms with Gasteiger partial charge in [0.1, 0.15) is 11.5 Å². The van der Waals surface area contributed by atoms with Crippen molar-refractivity contribution < 1.29 is 14.0 Å². The number of piperidine rings is 1. The molecule has 5 N–H and O–H groups in total. The Morgan fingerprint density at radius 3 is 2.35 bits per heavy atom. The standard InChI is InChI=1S/C38H39N7O3/c1-21-4-6-24(7-5-21)36-43-44-37(48-36)38(18-22(2)42-20-34(46)45-30(19-39)16-29-17-33(29)45)31-12-10-25(23(3)40)14-26(31)8-9-27-15-28(35(41)47)11-13-32(27)38/h4-7,10-15,22,29-30,33,42H,3,8-9,16-18,20,40H2,1-2H3,(H2,41,47)/t22-,29+,30?,33-,38?/m0/s1. The molecule has 1 aromatic heterocycles. The zero-order chi connectivity index (χ0) is 33.7. The summed E-state index contributed by atoms with van der Waals surface area (Å²) in [6.07, 6.45) is 3.48. The van der Waals surface area contributed by atoms with E-state index in [-0.39, 0.29) is 30.6 Å². The summed E-state index contributed by atoms with van der Waals surface area (Å²) in [6, 6.07) is 21.5. The number of hydrogen-bond donors (Lipinski definition) is 3. The first-order valence-electron chi connectivity index (χ1n) is 16.5. The number of fused-ring (bicyclic) bond motifs is 3. The molecule has 1 saturated carbocycles. The van der Waals surface area contributed by atoms with Gasteiger partial charge in [0.2, 0.25) is 23.6 Å². The van der Waals surface area contributed by atoms with E-state index in [0.29, 0.717) is 48.2 Å². The number of primary amides is 1. The minimum Gasteiger partial charge on any atom is -0.419 e. The average molecular weight is 642 g/mol. The lowest BCUT2D eigenvalue weighted by Gasteiger charge is -2.36. The van der Waals surface area contributed by atoms with E-state index in [4.69, 9.17) is 21.0 Å². The van der Waals surface area contributed by atoms with Gasteiger partial charge in [0.05, 0.1) is 12.6 Å². The van der Waals surface area contributed by atoms with Gasteiger partial charge in [0.25, 0.3) is 0 Å². The van der Waals surface area contributed by atoms with Crippen molar-refractivity contribution in [3.05, 3.63) is 112 Å². The van der Waals surface area contributed by atoms with E-state index in [2.05, 4.69) is 35.2 Å². The molecule has 10 heteroatoms. The highest BCUT2D eigenvalue weighted by molar-refractivity contribution is 5.93. The van der Waals surface area contributed by atoms with Crippen LogP contribution in [0.4, 0.5) is 0 Å². The topological polar surface area (TPSA) is 164 Å². The summed E-state index contributed by atoms with van der Waals surface area (Å²) in [5, 5.41) is 22.4. The fraction of sp³-hybridized carbons (Fsp3) is 0.342. The summed E-state index contributed by atoms with van der Waals surface area (Å²) in [6.45, 7) is 8.13. The fourth-order valence-corrected chi connectivity index (χ4v) is 7.76. The number of rotatable bonds is 9. The van der Waals surface area contributed by atoms with Crippen LogP contribution < -0.4 is 16.8 Å². The lowest BCUT2D eigenvalue weighted by Crippen LogP contribution is -2.46. The van der Waals surface area contributed by atoms with Gasteiger partial charge in [-0.2, -0.15) is 5.26 Å². The largest absolute Gasteiger partial charge is 0.419 e. The van der Waals surface area contributed by atoms with Crippen LogP contribution in [0, 0.1) is 24.2 Å². The Hall–Kier alpha value is -5.27. The summed E-state index contributed by atoms with van der Waals surface area (Å²) >= 11 is 0. The van der Waals surface area contributed by atoms with Crippen LogP contribution >= 0.6 is 0 Å². The number of nitrogens with one attached hydrogen (secondary N) is 1. The van der Waals surface area contributed by atoms with Crippen molar-refractivity contribution in [2.75, 3.05) is 6.54 Å². The number of hydrogen-bond acceptors (Lipinski definition) is 8. The molecule has 2 unspecified atom stereocenters. The maximum atomic E-state index is 13.4. The Kier molecular flexibility index (Phi) is 7.88. The van der Waals surface area contributed by atoms with Gasteiger partial charge in [-0.1, -0.05) is 42.5 Å². The second-order valence-corrected chi connectivity index (χ2v) is 13.5. The SMILES string of the molecule is C=C(N)c1ccc2c(c1)CCc1cc(C(N)=O)ccc1C2(C[C@H](C)NCC(=O)N1C(C#N)C[C@@H]2C[C@@H]21)c1nnc(-c2ccc(C)cc2)o1. The molecule has 0 bridgehead atoms. The maximum absolute atomic E-state index is 13.4. The highest BCUT2D eigenvalue weighted by atomic mass is 16.4. The Morgan fingerprint density at radius 1 is 1.04 bits per heavy atom. The molecule has 4 aromatic rings. The first-order valence-corrected chi connectivity index (χ1v) is 16.5. The maximum Gasteiger partial charge on any atom is 0.248 e. The zero-order valence-corrected chi connectivity index (χ0v) is 27.2. The molecule has 0 radical (unpaired) electrons. The zero-order valence-electron chi connectivity index (χ0n) is 27.2. The first-order chi connectivity index (χ1) is 23.1. The van der Waals surface area contributed by atoms with Crippen LogP contribution in [0.15, 0.2) is 71.7 Å². The number of aryl methyl sites for hydroxylation is 3. The predicted molar refractivity (Wildman–Crippen MR) is 181 cm³/mol. The number of carbonyl (C=O) groups excluding carboxylic acids is 2. The number of nitrogens with two attached hydrogens (primary N) is 2. The Labute approximate surface area is 279 Å². The van der Waals surface area contributed by atoms with Crippen LogP contribution in [-0.2, 0) is 23.1 Å². The number of nitrogens with zero attached hydrogens (tertiary/aromatic N) is 4. The number of aromatic nitrogens is 2. The number of likely N-dealkylation sites (tertiary alicyclic amines) is 1. The van der Waals surface area contributed by atoms with Gasteiger partial charge in [0, 0.05) is 28.9 Å². The third-order valence-corrected chi connectivity index (χ3v) is 10.3. The van der Waals surface area contributed by atoms with Crippen molar-refractivity contribution in [2.45, 2.75) is 69.5 Å².